The summed E-state index contributed by atoms with van der Waals surface area (Å²) < 4.78 is 0. The van der Waals surface area contributed by atoms with Crippen LogP contribution in [-0.4, -0.2) is 42.0 Å². The van der Waals surface area contributed by atoms with Crippen LogP contribution >= 0.6 is 11.8 Å². The number of amides is 1. The lowest BCUT2D eigenvalue weighted by atomic mass is 10.7. The summed E-state index contributed by atoms with van der Waals surface area (Å²) in [4.78, 5) is 18.9. The largest absolute Gasteiger partial charge is 0.294 e. The molecule has 1 amide bonds. The summed E-state index contributed by atoms with van der Waals surface area (Å²) in [5.74, 6) is 0.377. The van der Waals surface area contributed by atoms with Gasteiger partial charge < -0.3 is 0 Å². The maximum Gasteiger partial charge on any atom is 0.237 e. The molecule has 2 aromatic rings. The SMILES string of the molecule is O=C(CSc1ncn[nH]1)Nc1ncn[nH]1. The highest BCUT2D eigenvalue weighted by atomic mass is 32.2. The molecular formula is C6H7N7OS. The maximum atomic E-state index is 11.3. The van der Waals surface area contributed by atoms with E-state index in [2.05, 4.69) is 35.7 Å². The molecule has 78 valence electrons. The third kappa shape index (κ3) is 2.77. The van der Waals surface area contributed by atoms with Crippen molar-refractivity contribution in [1.29, 1.82) is 0 Å². The van der Waals surface area contributed by atoms with Crippen molar-refractivity contribution in [2.24, 2.45) is 0 Å². The first-order valence-electron chi connectivity index (χ1n) is 3.98. The van der Waals surface area contributed by atoms with Gasteiger partial charge in [-0.3, -0.25) is 15.2 Å². The number of thioether (sulfide) groups is 1. The Balaban J connectivity index is 1.78. The first-order chi connectivity index (χ1) is 7.34. The zero-order valence-electron chi connectivity index (χ0n) is 7.47. The molecule has 2 aromatic heterocycles. The van der Waals surface area contributed by atoms with Crippen LogP contribution in [0.15, 0.2) is 17.8 Å². The Morgan fingerprint density at radius 3 is 2.80 bits per heavy atom. The Morgan fingerprint density at radius 1 is 1.33 bits per heavy atom. The third-order valence-electron chi connectivity index (χ3n) is 1.41. The number of carbonyl (C=O) groups is 1. The van der Waals surface area contributed by atoms with Crippen LogP contribution in [0.1, 0.15) is 0 Å². The van der Waals surface area contributed by atoms with E-state index in [4.69, 9.17) is 0 Å². The smallest absolute Gasteiger partial charge is 0.237 e. The van der Waals surface area contributed by atoms with Gasteiger partial charge in [-0.25, -0.2) is 10.1 Å². The van der Waals surface area contributed by atoms with Gasteiger partial charge in [0.1, 0.15) is 12.7 Å². The van der Waals surface area contributed by atoms with E-state index in [9.17, 15) is 4.79 Å². The normalized spacial score (nSPS) is 10.1. The topological polar surface area (TPSA) is 112 Å². The molecule has 0 bridgehead atoms. The molecule has 0 spiro atoms. The zero-order valence-corrected chi connectivity index (χ0v) is 8.28. The third-order valence-corrected chi connectivity index (χ3v) is 2.28. The average molecular weight is 225 g/mol. The fraction of sp³-hybridized carbons (Fsp3) is 0.167. The van der Waals surface area contributed by atoms with Crippen LogP contribution in [0, 0.1) is 0 Å². The fourth-order valence-corrected chi connectivity index (χ4v) is 1.41. The molecule has 0 aliphatic carbocycles. The monoisotopic (exact) mass is 225 g/mol. The van der Waals surface area contributed by atoms with Gasteiger partial charge >= 0.3 is 0 Å². The summed E-state index contributed by atoms with van der Waals surface area (Å²) in [6.45, 7) is 0. The van der Waals surface area contributed by atoms with Gasteiger partial charge in [-0.15, -0.1) is 0 Å². The van der Waals surface area contributed by atoms with Crippen LogP contribution < -0.4 is 5.32 Å². The number of carbonyl (C=O) groups excluding carboxylic acids is 1. The van der Waals surface area contributed by atoms with Crippen molar-refractivity contribution in [2.75, 3.05) is 11.1 Å². The van der Waals surface area contributed by atoms with Crippen molar-refractivity contribution in [2.45, 2.75) is 5.16 Å². The van der Waals surface area contributed by atoms with Gasteiger partial charge in [-0.1, -0.05) is 11.8 Å². The number of H-pyrrole nitrogens is 2. The number of hydrogen-bond acceptors (Lipinski definition) is 6. The number of nitrogens with zero attached hydrogens (tertiary/aromatic N) is 4. The van der Waals surface area contributed by atoms with Crippen LogP contribution in [0.25, 0.3) is 0 Å². The molecule has 0 saturated heterocycles. The Kier molecular flexibility index (Phi) is 2.93. The Labute approximate surface area is 88.3 Å². The molecule has 0 saturated carbocycles. The van der Waals surface area contributed by atoms with Crippen LogP contribution in [0.3, 0.4) is 0 Å². The van der Waals surface area contributed by atoms with Crippen molar-refractivity contribution >= 4 is 23.6 Å². The maximum absolute atomic E-state index is 11.3. The van der Waals surface area contributed by atoms with E-state index in [1.165, 1.54) is 24.4 Å². The summed E-state index contributed by atoms with van der Waals surface area (Å²) in [5, 5.41) is 15.6. The van der Waals surface area contributed by atoms with Gasteiger partial charge in [0.2, 0.25) is 11.9 Å². The van der Waals surface area contributed by atoms with E-state index in [0.717, 1.165) is 0 Å². The van der Waals surface area contributed by atoms with Gasteiger partial charge in [-0.05, 0) is 0 Å². The molecule has 0 fully saturated rings. The quantitative estimate of drug-likeness (QED) is 0.613. The van der Waals surface area contributed by atoms with Crippen molar-refractivity contribution in [1.82, 2.24) is 30.4 Å². The summed E-state index contributed by atoms with van der Waals surface area (Å²) in [5.41, 5.74) is 0. The van der Waals surface area contributed by atoms with Crippen LogP contribution in [0.2, 0.25) is 0 Å². The molecule has 0 radical (unpaired) electrons. The van der Waals surface area contributed by atoms with E-state index >= 15 is 0 Å². The van der Waals surface area contributed by atoms with Gasteiger partial charge in [-0.2, -0.15) is 15.2 Å². The van der Waals surface area contributed by atoms with E-state index < -0.39 is 0 Å². The average Bonchev–Trinajstić information content (AvgIpc) is 2.86. The van der Waals surface area contributed by atoms with Crippen LogP contribution in [0.5, 0.6) is 0 Å². The molecule has 0 aromatic carbocycles. The molecule has 2 heterocycles. The minimum absolute atomic E-state index is 0.187. The lowest BCUT2D eigenvalue weighted by molar-refractivity contribution is -0.113. The minimum atomic E-state index is -0.187. The van der Waals surface area contributed by atoms with E-state index in [1.54, 1.807) is 0 Å². The molecule has 2 rings (SSSR count). The van der Waals surface area contributed by atoms with Gasteiger partial charge in [0.25, 0.3) is 0 Å². The highest BCUT2D eigenvalue weighted by Gasteiger charge is 2.06. The minimum Gasteiger partial charge on any atom is -0.294 e. The number of anilines is 1. The van der Waals surface area contributed by atoms with Crippen molar-refractivity contribution in [3.63, 3.8) is 0 Å². The number of nitrogens with one attached hydrogen (secondary N) is 3. The lowest BCUT2D eigenvalue weighted by Gasteiger charge is -1.98. The number of aromatic nitrogens is 6. The summed E-state index contributed by atoms with van der Waals surface area (Å²) >= 11 is 1.25. The van der Waals surface area contributed by atoms with Gasteiger partial charge in [0.05, 0.1) is 5.75 Å². The van der Waals surface area contributed by atoms with Crippen molar-refractivity contribution in [3.05, 3.63) is 12.7 Å². The second-order valence-electron chi connectivity index (χ2n) is 2.46. The Morgan fingerprint density at radius 2 is 2.13 bits per heavy atom. The predicted octanol–water partition coefficient (Wildman–Crippen LogP) is -0.346. The summed E-state index contributed by atoms with van der Waals surface area (Å²) in [6.07, 6.45) is 2.70. The predicted molar refractivity (Wildman–Crippen MR) is 52.1 cm³/mol. The Hall–Kier alpha value is -1.90. The molecule has 3 N–H and O–H groups in total. The number of rotatable bonds is 4. The zero-order chi connectivity index (χ0) is 10.5. The number of aromatic amines is 2. The van der Waals surface area contributed by atoms with E-state index in [-0.39, 0.29) is 11.7 Å². The first kappa shape index (κ1) is 9.65. The molecule has 8 nitrogen and oxygen atoms in total. The van der Waals surface area contributed by atoms with Crippen LogP contribution in [0.4, 0.5) is 5.95 Å². The van der Waals surface area contributed by atoms with Gasteiger partial charge in [0.15, 0.2) is 5.16 Å². The van der Waals surface area contributed by atoms with Gasteiger partial charge in [0, 0.05) is 0 Å². The molecule has 0 unspecified atom stereocenters. The lowest BCUT2D eigenvalue weighted by Crippen LogP contribution is -2.15. The van der Waals surface area contributed by atoms with E-state index in [0.29, 0.717) is 11.1 Å². The van der Waals surface area contributed by atoms with Crippen molar-refractivity contribution < 1.29 is 4.79 Å². The highest BCUT2D eigenvalue weighted by molar-refractivity contribution is 7.99. The summed E-state index contributed by atoms with van der Waals surface area (Å²) in [6, 6.07) is 0. The molecule has 9 heteroatoms. The van der Waals surface area contributed by atoms with E-state index in [1.807, 2.05) is 0 Å². The molecule has 0 aliphatic rings. The standard InChI is InChI=1S/C6H7N7OS/c14-4(11-5-7-2-9-12-5)1-15-6-8-3-10-13-6/h2-3H,1H2,(H,8,10,13)(H2,7,9,11,12,14). The molecular weight excluding hydrogens is 218 g/mol. The number of hydrogen-bond donors (Lipinski definition) is 3. The molecule has 15 heavy (non-hydrogen) atoms. The fourth-order valence-electron chi connectivity index (χ4n) is 0.832. The second kappa shape index (κ2) is 4.55. The Bertz CT molecular complexity index is 411. The molecule has 0 aliphatic heterocycles. The molecule has 0 atom stereocenters. The second-order valence-corrected chi connectivity index (χ2v) is 3.43. The highest BCUT2D eigenvalue weighted by Crippen LogP contribution is 2.10. The van der Waals surface area contributed by atoms with Crippen molar-refractivity contribution in [3.8, 4) is 0 Å². The van der Waals surface area contributed by atoms with Crippen LogP contribution in [-0.2, 0) is 4.79 Å². The first-order valence-corrected chi connectivity index (χ1v) is 4.96. The summed E-state index contributed by atoms with van der Waals surface area (Å²) in [7, 11) is 0.